The number of hydrogen-bond donors (Lipinski definition) is 1. The highest BCUT2D eigenvalue weighted by Crippen LogP contribution is 2.16. The zero-order valence-electron chi connectivity index (χ0n) is 9.73. The van der Waals surface area contributed by atoms with Gasteiger partial charge in [0.2, 0.25) is 0 Å². The molecule has 0 saturated heterocycles. The van der Waals surface area contributed by atoms with Gasteiger partial charge in [-0.25, -0.2) is 9.07 Å². The van der Waals surface area contributed by atoms with Crippen LogP contribution in [-0.2, 0) is 6.42 Å². The molecule has 4 nitrogen and oxygen atoms in total. The third-order valence-electron chi connectivity index (χ3n) is 2.66. The van der Waals surface area contributed by atoms with Crippen molar-refractivity contribution < 1.29 is 4.39 Å². The SMILES string of the molecule is Cc1c(F)cccc1-n1cc(CCCN)nn1. The number of nitrogens with two attached hydrogens (primary N) is 1. The summed E-state index contributed by atoms with van der Waals surface area (Å²) in [6.45, 7) is 2.36. The quantitative estimate of drug-likeness (QED) is 0.874. The number of nitrogens with zero attached hydrogens (tertiary/aromatic N) is 3. The van der Waals surface area contributed by atoms with Gasteiger partial charge in [-0.2, -0.15) is 0 Å². The summed E-state index contributed by atoms with van der Waals surface area (Å²) in [7, 11) is 0. The maximum Gasteiger partial charge on any atom is 0.128 e. The molecule has 0 unspecified atom stereocenters. The van der Waals surface area contributed by atoms with Crippen LogP contribution >= 0.6 is 0 Å². The Kier molecular flexibility index (Phi) is 3.49. The average molecular weight is 234 g/mol. The summed E-state index contributed by atoms with van der Waals surface area (Å²) in [5.41, 5.74) is 7.60. The van der Waals surface area contributed by atoms with Crippen LogP contribution in [0.25, 0.3) is 5.69 Å². The Morgan fingerprint density at radius 1 is 1.41 bits per heavy atom. The zero-order chi connectivity index (χ0) is 12.3. The van der Waals surface area contributed by atoms with Crippen molar-refractivity contribution in [3.05, 3.63) is 41.5 Å². The van der Waals surface area contributed by atoms with E-state index in [1.807, 2.05) is 12.3 Å². The van der Waals surface area contributed by atoms with Crippen LogP contribution in [0.1, 0.15) is 17.7 Å². The van der Waals surface area contributed by atoms with Gasteiger partial charge < -0.3 is 5.73 Å². The van der Waals surface area contributed by atoms with Crippen LogP contribution in [0.4, 0.5) is 4.39 Å². The zero-order valence-corrected chi connectivity index (χ0v) is 9.73. The van der Waals surface area contributed by atoms with E-state index in [2.05, 4.69) is 10.3 Å². The Bertz CT molecular complexity index is 507. The van der Waals surface area contributed by atoms with E-state index in [-0.39, 0.29) is 5.82 Å². The maximum absolute atomic E-state index is 13.4. The summed E-state index contributed by atoms with van der Waals surface area (Å²) in [6, 6.07) is 4.92. The largest absolute Gasteiger partial charge is 0.330 e. The van der Waals surface area contributed by atoms with E-state index in [1.54, 1.807) is 17.7 Å². The lowest BCUT2D eigenvalue weighted by atomic mass is 10.2. The number of rotatable bonds is 4. The monoisotopic (exact) mass is 234 g/mol. The molecule has 17 heavy (non-hydrogen) atoms. The van der Waals surface area contributed by atoms with Crippen LogP contribution in [0.5, 0.6) is 0 Å². The van der Waals surface area contributed by atoms with E-state index in [0.717, 1.165) is 24.2 Å². The Morgan fingerprint density at radius 3 is 3.00 bits per heavy atom. The van der Waals surface area contributed by atoms with Gasteiger partial charge in [0.05, 0.1) is 17.6 Å². The minimum Gasteiger partial charge on any atom is -0.330 e. The predicted molar refractivity (Wildman–Crippen MR) is 63.4 cm³/mol. The summed E-state index contributed by atoms with van der Waals surface area (Å²) >= 11 is 0. The van der Waals surface area contributed by atoms with E-state index in [1.165, 1.54) is 6.07 Å². The molecule has 1 aromatic carbocycles. The molecule has 0 radical (unpaired) electrons. The molecule has 1 heterocycles. The second-order valence-electron chi connectivity index (χ2n) is 3.93. The van der Waals surface area contributed by atoms with Gasteiger partial charge in [0.15, 0.2) is 0 Å². The summed E-state index contributed by atoms with van der Waals surface area (Å²) in [5, 5.41) is 8.04. The third kappa shape index (κ3) is 2.50. The van der Waals surface area contributed by atoms with Gasteiger partial charge in [0.1, 0.15) is 5.82 Å². The van der Waals surface area contributed by atoms with Gasteiger partial charge in [0.25, 0.3) is 0 Å². The van der Waals surface area contributed by atoms with Gasteiger partial charge >= 0.3 is 0 Å². The first-order chi connectivity index (χ1) is 8.22. The molecule has 90 valence electrons. The molecule has 1 aromatic heterocycles. The standard InChI is InChI=1S/C12H15FN4/c1-9-11(13)5-2-6-12(9)17-8-10(15-16-17)4-3-7-14/h2,5-6,8H,3-4,7,14H2,1H3. The van der Waals surface area contributed by atoms with Crippen LogP contribution in [0.3, 0.4) is 0 Å². The first-order valence-electron chi connectivity index (χ1n) is 5.59. The lowest BCUT2D eigenvalue weighted by molar-refractivity contribution is 0.614. The van der Waals surface area contributed by atoms with Crippen molar-refractivity contribution in [2.45, 2.75) is 19.8 Å². The van der Waals surface area contributed by atoms with Crippen molar-refractivity contribution in [3.8, 4) is 5.69 Å². The fourth-order valence-electron chi connectivity index (χ4n) is 1.66. The van der Waals surface area contributed by atoms with Crippen LogP contribution in [0, 0.1) is 12.7 Å². The summed E-state index contributed by atoms with van der Waals surface area (Å²) in [5.74, 6) is -0.235. The molecule has 2 N–H and O–H groups in total. The van der Waals surface area contributed by atoms with Crippen LogP contribution < -0.4 is 5.73 Å². The molecule has 0 aliphatic carbocycles. The van der Waals surface area contributed by atoms with Crippen molar-refractivity contribution >= 4 is 0 Å². The molecular weight excluding hydrogens is 219 g/mol. The average Bonchev–Trinajstić information content (AvgIpc) is 2.78. The topological polar surface area (TPSA) is 56.7 Å². The lowest BCUT2D eigenvalue weighted by Gasteiger charge is -2.04. The Labute approximate surface area is 99.2 Å². The number of hydrogen-bond acceptors (Lipinski definition) is 3. The van der Waals surface area contributed by atoms with Crippen LogP contribution in [0.15, 0.2) is 24.4 Å². The first-order valence-corrected chi connectivity index (χ1v) is 5.59. The Balaban J connectivity index is 2.27. The number of aryl methyl sites for hydroxylation is 1. The number of aromatic nitrogens is 3. The molecule has 0 spiro atoms. The molecule has 0 aliphatic heterocycles. The van der Waals surface area contributed by atoms with Crippen LogP contribution in [0.2, 0.25) is 0 Å². The van der Waals surface area contributed by atoms with E-state index >= 15 is 0 Å². The molecule has 0 saturated carbocycles. The first kappa shape index (κ1) is 11.7. The minimum atomic E-state index is -0.235. The molecule has 2 rings (SSSR count). The molecule has 0 amide bonds. The van der Waals surface area contributed by atoms with Crippen LogP contribution in [-0.4, -0.2) is 21.5 Å². The second-order valence-corrected chi connectivity index (χ2v) is 3.93. The van der Waals surface area contributed by atoms with Crippen molar-refractivity contribution in [1.29, 1.82) is 0 Å². The van der Waals surface area contributed by atoms with Gasteiger partial charge in [-0.1, -0.05) is 11.3 Å². The highest BCUT2D eigenvalue weighted by molar-refractivity contribution is 5.40. The van der Waals surface area contributed by atoms with Gasteiger partial charge in [-0.15, -0.1) is 5.10 Å². The smallest absolute Gasteiger partial charge is 0.128 e. The molecule has 2 aromatic rings. The molecule has 5 heteroatoms. The summed E-state index contributed by atoms with van der Waals surface area (Å²) in [6.07, 6.45) is 3.49. The summed E-state index contributed by atoms with van der Waals surface area (Å²) in [4.78, 5) is 0. The summed E-state index contributed by atoms with van der Waals surface area (Å²) < 4.78 is 15.0. The lowest BCUT2D eigenvalue weighted by Crippen LogP contribution is -2.00. The van der Waals surface area contributed by atoms with E-state index in [9.17, 15) is 4.39 Å². The van der Waals surface area contributed by atoms with Gasteiger partial charge in [-0.05, 0) is 38.4 Å². The van der Waals surface area contributed by atoms with Crippen molar-refractivity contribution in [2.75, 3.05) is 6.54 Å². The number of benzene rings is 1. The third-order valence-corrected chi connectivity index (χ3v) is 2.66. The molecule has 0 fully saturated rings. The van der Waals surface area contributed by atoms with Crippen molar-refractivity contribution in [3.63, 3.8) is 0 Å². The molecule has 0 atom stereocenters. The van der Waals surface area contributed by atoms with Crippen molar-refractivity contribution in [2.24, 2.45) is 5.73 Å². The molecule has 0 bridgehead atoms. The second kappa shape index (κ2) is 5.05. The minimum absolute atomic E-state index is 0.235. The Hall–Kier alpha value is -1.75. The molecular formula is C12H15FN4. The van der Waals surface area contributed by atoms with E-state index in [0.29, 0.717) is 12.1 Å². The van der Waals surface area contributed by atoms with E-state index < -0.39 is 0 Å². The van der Waals surface area contributed by atoms with Gasteiger partial charge in [0, 0.05) is 5.56 Å². The Morgan fingerprint density at radius 2 is 2.24 bits per heavy atom. The fourth-order valence-corrected chi connectivity index (χ4v) is 1.66. The predicted octanol–water partition coefficient (Wildman–Crippen LogP) is 1.61. The molecule has 0 aliphatic rings. The normalized spacial score (nSPS) is 10.8. The highest BCUT2D eigenvalue weighted by atomic mass is 19.1. The fraction of sp³-hybridized carbons (Fsp3) is 0.333. The maximum atomic E-state index is 13.4. The van der Waals surface area contributed by atoms with Crippen molar-refractivity contribution in [1.82, 2.24) is 15.0 Å². The number of halogens is 1. The highest BCUT2D eigenvalue weighted by Gasteiger charge is 2.07. The van der Waals surface area contributed by atoms with E-state index in [4.69, 9.17) is 5.73 Å². The van der Waals surface area contributed by atoms with Gasteiger partial charge in [-0.3, -0.25) is 0 Å².